The van der Waals surface area contributed by atoms with E-state index in [1.165, 1.54) is 47.1 Å². The second-order valence-corrected chi connectivity index (χ2v) is 7.14. The zero-order chi connectivity index (χ0) is 16.2. The van der Waals surface area contributed by atoms with Gasteiger partial charge in [-0.1, -0.05) is 20.8 Å². The summed E-state index contributed by atoms with van der Waals surface area (Å²) in [5.41, 5.74) is 9.08. The quantitative estimate of drug-likeness (QED) is 0.729. The van der Waals surface area contributed by atoms with Gasteiger partial charge in [-0.2, -0.15) is 0 Å². The van der Waals surface area contributed by atoms with Crippen molar-refractivity contribution in [3.05, 3.63) is 33.4 Å². The lowest BCUT2D eigenvalue weighted by molar-refractivity contribution is 0.453. The molecular formula is C20H35N. The van der Waals surface area contributed by atoms with Gasteiger partial charge in [-0.15, -0.1) is 0 Å². The SMILES string of the molecule is Cc1c(C)c(C)c(CCC(C)CCNC(C)C)c(C)c1C. The van der Waals surface area contributed by atoms with Gasteiger partial charge < -0.3 is 5.32 Å². The molecule has 1 atom stereocenters. The van der Waals surface area contributed by atoms with Crippen LogP contribution in [0.5, 0.6) is 0 Å². The highest BCUT2D eigenvalue weighted by molar-refractivity contribution is 5.49. The summed E-state index contributed by atoms with van der Waals surface area (Å²) in [5.74, 6) is 0.789. The van der Waals surface area contributed by atoms with Crippen LogP contribution in [-0.4, -0.2) is 12.6 Å². The molecule has 1 N–H and O–H groups in total. The molecule has 0 aliphatic carbocycles. The fourth-order valence-corrected chi connectivity index (χ4v) is 3.11. The van der Waals surface area contributed by atoms with Crippen LogP contribution in [0.2, 0.25) is 0 Å². The second-order valence-electron chi connectivity index (χ2n) is 7.14. The van der Waals surface area contributed by atoms with E-state index < -0.39 is 0 Å². The molecule has 0 saturated heterocycles. The maximum atomic E-state index is 3.52. The van der Waals surface area contributed by atoms with E-state index in [4.69, 9.17) is 0 Å². The Morgan fingerprint density at radius 2 is 1.19 bits per heavy atom. The maximum absolute atomic E-state index is 3.52. The van der Waals surface area contributed by atoms with Gasteiger partial charge in [0.2, 0.25) is 0 Å². The zero-order valence-electron chi connectivity index (χ0n) is 15.5. The van der Waals surface area contributed by atoms with E-state index in [0.717, 1.165) is 12.5 Å². The monoisotopic (exact) mass is 289 g/mol. The van der Waals surface area contributed by atoms with Gasteiger partial charge in [-0.25, -0.2) is 0 Å². The summed E-state index contributed by atoms with van der Waals surface area (Å²) < 4.78 is 0. The average molecular weight is 290 g/mol. The standard InChI is InChI=1S/C20H35N/c1-13(2)21-12-11-14(3)9-10-20-18(7)16(5)15(4)17(6)19(20)8/h13-14,21H,9-12H2,1-8H3. The molecule has 1 aromatic rings. The number of hydrogen-bond acceptors (Lipinski definition) is 1. The highest BCUT2D eigenvalue weighted by Crippen LogP contribution is 2.28. The van der Waals surface area contributed by atoms with E-state index in [-0.39, 0.29) is 0 Å². The molecule has 0 saturated carbocycles. The summed E-state index contributed by atoms with van der Waals surface area (Å²) in [7, 11) is 0. The molecule has 0 heterocycles. The molecule has 120 valence electrons. The maximum Gasteiger partial charge on any atom is 0.00103 e. The van der Waals surface area contributed by atoms with Crippen LogP contribution in [0.1, 0.15) is 67.0 Å². The van der Waals surface area contributed by atoms with E-state index in [9.17, 15) is 0 Å². The first-order valence-electron chi connectivity index (χ1n) is 8.54. The molecule has 1 unspecified atom stereocenters. The minimum atomic E-state index is 0.601. The molecule has 0 aliphatic heterocycles. The smallest absolute Gasteiger partial charge is 0.00103 e. The van der Waals surface area contributed by atoms with Gasteiger partial charge in [0.1, 0.15) is 0 Å². The summed E-state index contributed by atoms with van der Waals surface area (Å²) in [6.07, 6.45) is 3.80. The van der Waals surface area contributed by atoms with E-state index in [0.29, 0.717) is 6.04 Å². The number of benzene rings is 1. The molecule has 0 bridgehead atoms. The Morgan fingerprint density at radius 3 is 1.67 bits per heavy atom. The fraction of sp³-hybridized carbons (Fsp3) is 0.700. The molecule has 1 heteroatoms. The van der Waals surface area contributed by atoms with Crippen molar-refractivity contribution in [2.45, 2.75) is 80.7 Å². The van der Waals surface area contributed by atoms with Crippen molar-refractivity contribution in [1.29, 1.82) is 0 Å². The van der Waals surface area contributed by atoms with E-state index in [2.05, 4.69) is 60.7 Å². The molecule has 0 aromatic heterocycles. The number of rotatable bonds is 7. The molecule has 0 spiro atoms. The van der Waals surface area contributed by atoms with Crippen LogP contribution in [-0.2, 0) is 6.42 Å². The van der Waals surface area contributed by atoms with Crippen molar-refractivity contribution in [1.82, 2.24) is 5.32 Å². The lowest BCUT2D eigenvalue weighted by atomic mass is 9.86. The van der Waals surface area contributed by atoms with Gasteiger partial charge in [-0.05, 0) is 99.7 Å². The summed E-state index contributed by atoms with van der Waals surface area (Å²) in [6.45, 7) is 19.4. The summed E-state index contributed by atoms with van der Waals surface area (Å²) in [4.78, 5) is 0. The van der Waals surface area contributed by atoms with Crippen molar-refractivity contribution in [3.63, 3.8) is 0 Å². The molecular weight excluding hydrogens is 254 g/mol. The van der Waals surface area contributed by atoms with E-state index >= 15 is 0 Å². The summed E-state index contributed by atoms with van der Waals surface area (Å²) in [5, 5.41) is 3.52. The third-order valence-electron chi connectivity index (χ3n) is 5.23. The molecule has 0 radical (unpaired) electrons. The molecule has 0 aliphatic rings. The minimum absolute atomic E-state index is 0.601. The van der Waals surface area contributed by atoms with Crippen LogP contribution < -0.4 is 5.32 Å². The van der Waals surface area contributed by atoms with Crippen LogP contribution in [0.15, 0.2) is 0 Å². The first-order chi connectivity index (χ1) is 9.75. The Balaban J connectivity index is 2.68. The van der Waals surface area contributed by atoms with Crippen LogP contribution >= 0.6 is 0 Å². The Hall–Kier alpha value is -0.820. The average Bonchev–Trinajstić information content (AvgIpc) is 2.42. The van der Waals surface area contributed by atoms with Crippen LogP contribution in [0.3, 0.4) is 0 Å². The highest BCUT2D eigenvalue weighted by atomic mass is 14.9. The second kappa shape index (κ2) is 7.98. The summed E-state index contributed by atoms with van der Waals surface area (Å²) >= 11 is 0. The lowest BCUT2D eigenvalue weighted by Crippen LogP contribution is -2.25. The van der Waals surface area contributed by atoms with Crippen molar-refractivity contribution < 1.29 is 0 Å². The Labute approximate surface area is 132 Å². The lowest BCUT2D eigenvalue weighted by Gasteiger charge is -2.20. The van der Waals surface area contributed by atoms with E-state index in [1.807, 2.05) is 0 Å². The first kappa shape index (κ1) is 18.2. The largest absolute Gasteiger partial charge is 0.315 e. The van der Waals surface area contributed by atoms with Crippen molar-refractivity contribution in [2.24, 2.45) is 5.92 Å². The van der Waals surface area contributed by atoms with Gasteiger partial charge in [0.15, 0.2) is 0 Å². The molecule has 21 heavy (non-hydrogen) atoms. The van der Waals surface area contributed by atoms with Crippen molar-refractivity contribution in [2.75, 3.05) is 6.54 Å². The molecule has 0 fully saturated rings. The number of nitrogens with one attached hydrogen (secondary N) is 1. The van der Waals surface area contributed by atoms with Gasteiger partial charge in [0.05, 0.1) is 0 Å². The predicted molar refractivity (Wildman–Crippen MR) is 95.4 cm³/mol. The first-order valence-corrected chi connectivity index (χ1v) is 8.54. The Morgan fingerprint density at radius 1 is 0.714 bits per heavy atom. The van der Waals surface area contributed by atoms with Gasteiger partial charge >= 0.3 is 0 Å². The Bertz CT molecular complexity index is 442. The molecule has 1 rings (SSSR count). The summed E-state index contributed by atoms with van der Waals surface area (Å²) in [6, 6.07) is 0.601. The van der Waals surface area contributed by atoms with Crippen LogP contribution in [0.25, 0.3) is 0 Å². The Kier molecular flexibility index (Phi) is 6.93. The zero-order valence-corrected chi connectivity index (χ0v) is 15.5. The fourth-order valence-electron chi connectivity index (χ4n) is 3.11. The minimum Gasteiger partial charge on any atom is -0.315 e. The molecule has 1 aromatic carbocycles. The van der Waals surface area contributed by atoms with E-state index in [1.54, 1.807) is 5.56 Å². The van der Waals surface area contributed by atoms with Gasteiger partial charge in [0, 0.05) is 6.04 Å². The topological polar surface area (TPSA) is 12.0 Å². The predicted octanol–water partition coefficient (Wildman–Crippen LogP) is 5.19. The van der Waals surface area contributed by atoms with Crippen LogP contribution in [0.4, 0.5) is 0 Å². The van der Waals surface area contributed by atoms with Gasteiger partial charge in [0.25, 0.3) is 0 Å². The molecule has 0 amide bonds. The normalized spacial score (nSPS) is 13.0. The number of hydrogen-bond donors (Lipinski definition) is 1. The van der Waals surface area contributed by atoms with Crippen molar-refractivity contribution in [3.8, 4) is 0 Å². The van der Waals surface area contributed by atoms with Gasteiger partial charge in [-0.3, -0.25) is 0 Å². The van der Waals surface area contributed by atoms with Crippen LogP contribution in [0, 0.1) is 40.5 Å². The third kappa shape index (κ3) is 4.85. The third-order valence-corrected chi connectivity index (χ3v) is 5.23. The van der Waals surface area contributed by atoms with Crippen molar-refractivity contribution >= 4 is 0 Å². The molecule has 1 nitrogen and oxygen atoms in total. The highest BCUT2D eigenvalue weighted by Gasteiger charge is 2.13.